The highest BCUT2D eigenvalue weighted by Crippen LogP contribution is 2.13. The number of hydrogen-bond donors (Lipinski definition) is 0. The lowest BCUT2D eigenvalue weighted by atomic mass is 10.2. The number of nitrogens with zero attached hydrogens (tertiary/aromatic N) is 3. The Morgan fingerprint density at radius 3 is 2.33 bits per heavy atom. The van der Waals surface area contributed by atoms with Crippen LogP contribution >= 0.6 is 11.6 Å². The van der Waals surface area contributed by atoms with Crippen molar-refractivity contribution in [2.45, 2.75) is 46.7 Å². The molecule has 0 aliphatic carbocycles. The molecule has 5 heteroatoms. The maximum atomic E-state index is 5.85. The monoisotopic (exact) mass is 271 g/mol. The Balaban J connectivity index is 2.50. The molecule has 0 aliphatic rings. The Morgan fingerprint density at radius 2 is 1.83 bits per heavy atom. The second kappa shape index (κ2) is 6.90. The first-order valence-corrected chi connectivity index (χ1v) is 6.67. The van der Waals surface area contributed by atoms with Gasteiger partial charge in [0.2, 0.25) is 5.88 Å². The van der Waals surface area contributed by atoms with Crippen LogP contribution in [0.3, 0.4) is 0 Å². The van der Waals surface area contributed by atoms with Crippen molar-refractivity contribution in [2.75, 3.05) is 13.2 Å². The Kier molecular flexibility index (Phi) is 5.82. The van der Waals surface area contributed by atoms with Crippen LogP contribution in [0, 0.1) is 6.92 Å². The smallest absolute Gasteiger partial charge is 0.218 e. The number of halogens is 1. The summed E-state index contributed by atoms with van der Waals surface area (Å²) < 4.78 is 5.62. The summed E-state index contributed by atoms with van der Waals surface area (Å²) in [4.78, 5) is 10.6. The van der Waals surface area contributed by atoms with Crippen LogP contribution in [0.4, 0.5) is 0 Å². The van der Waals surface area contributed by atoms with Gasteiger partial charge in [-0.15, -0.1) is 0 Å². The topological polar surface area (TPSA) is 38.2 Å². The molecule has 0 amide bonds. The fourth-order valence-corrected chi connectivity index (χ4v) is 2.16. The molecule has 0 radical (unpaired) electrons. The van der Waals surface area contributed by atoms with E-state index in [0.29, 0.717) is 35.5 Å². The first-order chi connectivity index (χ1) is 8.40. The second-order valence-electron chi connectivity index (χ2n) is 4.85. The van der Waals surface area contributed by atoms with Crippen LogP contribution in [-0.4, -0.2) is 40.1 Å². The lowest BCUT2D eigenvalue weighted by Crippen LogP contribution is -2.39. The predicted molar refractivity (Wildman–Crippen MR) is 74.3 cm³/mol. The molecule has 0 N–H and O–H groups in total. The van der Waals surface area contributed by atoms with Crippen molar-refractivity contribution in [1.82, 2.24) is 14.9 Å². The van der Waals surface area contributed by atoms with Gasteiger partial charge in [-0.3, -0.25) is 4.90 Å². The number of rotatable bonds is 6. The Hall–Kier alpha value is -0.870. The molecule has 1 aromatic rings. The quantitative estimate of drug-likeness (QED) is 0.746. The highest BCUT2D eigenvalue weighted by atomic mass is 35.5. The van der Waals surface area contributed by atoms with Gasteiger partial charge in [-0.05, 0) is 34.6 Å². The molecule has 102 valence electrons. The average Bonchev–Trinajstić information content (AvgIpc) is 2.21. The van der Waals surface area contributed by atoms with Gasteiger partial charge in [-0.25, -0.2) is 4.98 Å². The van der Waals surface area contributed by atoms with E-state index in [2.05, 4.69) is 42.6 Å². The zero-order chi connectivity index (χ0) is 13.7. The number of hydrogen-bond acceptors (Lipinski definition) is 4. The molecule has 0 saturated carbocycles. The van der Waals surface area contributed by atoms with Gasteiger partial charge in [0, 0.05) is 24.7 Å². The van der Waals surface area contributed by atoms with E-state index in [1.54, 1.807) is 13.0 Å². The lowest BCUT2D eigenvalue weighted by Gasteiger charge is -2.30. The van der Waals surface area contributed by atoms with E-state index in [9.17, 15) is 0 Å². The third-order valence-electron chi connectivity index (χ3n) is 2.71. The fraction of sp³-hybridized carbons (Fsp3) is 0.692. The maximum Gasteiger partial charge on any atom is 0.218 e. The average molecular weight is 272 g/mol. The number of aromatic nitrogens is 2. The van der Waals surface area contributed by atoms with Crippen molar-refractivity contribution in [3.05, 3.63) is 17.0 Å². The van der Waals surface area contributed by atoms with Crippen LogP contribution < -0.4 is 4.74 Å². The van der Waals surface area contributed by atoms with Crippen LogP contribution in [0.25, 0.3) is 0 Å². The molecule has 1 rings (SSSR count). The molecule has 4 nitrogen and oxygen atoms in total. The van der Waals surface area contributed by atoms with Crippen LogP contribution in [0.1, 0.15) is 33.5 Å². The number of ether oxygens (including phenoxy) is 1. The van der Waals surface area contributed by atoms with Gasteiger partial charge in [-0.1, -0.05) is 11.6 Å². The van der Waals surface area contributed by atoms with Gasteiger partial charge in [0.15, 0.2) is 0 Å². The van der Waals surface area contributed by atoms with Gasteiger partial charge < -0.3 is 4.74 Å². The van der Waals surface area contributed by atoms with Crippen molar-refractivity contribution in [3.8, 4) is 5.88 Å². The van der Waals surface area contributed by atoms with Crippen molar-refractivity contribution >= 4 is 11.6 Å². The van der Waals surface area contributed by atoms with Crippen LogP contribution in [0.2, 0.25) is 5.15 Å². The van der Waals surface area contributed by atoms with E-state index in [0.717, 1.165) is 6.54 Å². The van der Waals surface area contributed by atoms with Crippen molar-refractivity contribution in [1.29, 1.82) is 0 Å². The lowest BCUT2D eigenvalue weighted by molar-refractivity contribution is 0.140. The van der Waals surface area contributed by atoms with Gasteiger partial charge >= 0.3 is 0 Å². The molecule has 0 fully saturated rings. The van der Waals surface area contributed by atoms with E-state index in [1.165, 1.54) is 0 Å². The molecule has 18 heavy (non-hydrogen) atoms. The van der Waals surface area contributed by atoms with E-state index in [4.69, 9.17) is 16.3 Å². The SMILES string of the molecule is Cc1nc(Cl)cc(OCCN(C(C)C)C(C)C)n1. The van der Waals surface area contributed by atoms with E-state index >= 15 is 0 Å². The van der Waals surface area contributed by atoms with Crippen molar-refractivity contribution < 1.29 is 4.74 Å². The zero-order valence-electron chi connectivity index (χ0n) is 11.8. The maximum absolute atomic E-state index is 5.85. The molecule has 1 aromatic heterocycles. The first-order valence-electron chi connectivity index (χ1n) is 6.30. The van der Waals surface area contributed by atoms with Crippen molar-refractivity contribution in [3.63, 3.8) is 0 Å². The predicted octanol–water partition coefficient (Wildman–Crippen LogP) is 2.94. The minimum Gasteiger partial charge on any atom is -0.476 e. The third kappa shape index (κ3) is 4.78. The molecular weight excluding hydrogens is 250 g/mol. The Bertz CT molecular complexity index is 354. The summed E-state index contributed by atoms with van der Waals surface area (Å²) in [5.41, 5.74) is 0. The van der Waals surface area contributed by atoms with Gasteiger partial charge in [0.1, 0.15) is 17.6 Å². The summed E-state index contributed by atoms with van der Waals surface area (Å²) >= 11 is 5.85. The molecule has 0 aromatic carbocycles. The summed E-state index contributed by atoms with van der Waals surface area (Å²) in [5, 5.41) is 0.419. The third-order valence-corrected chi connectivity index (χ3v) is 2.90. The van der Waals surface area contributed by atoms with Crippen molar-refractivity contribution in [2.24, 2.45) is 0 Å². The number of aryl methyl sites for hydroxylation is 1. The molecule has 1 heterocycles. The fourth-order valence-electron chi connectivity index (χ4n) is 1.95. The highest BCUT2D eigenvalue weighted by Gasteiger charge is 2.13. The van der Waals surface area contributed by atoms with Gasteiger partial charge in [-0.2, -0.15) is 4.98 Å². The van der Waals surface area contributed by atoms with E-state index < -0.39 is 0 Å². The minimum atomic E-state index is 0.419. The Labute approximate surface area is 114 Å². The largest absolute Gasteiger partial charge is 0.476 e. The van der Waals surface area contributed by atoms with Gasteiger partial charge in [0.25, 0.3) is 0 Å². The molecule has 0 unspecified atom stereocenters. The molecule has 0 saturated heterocycles. The molecule has 0 atom stereocenters. The highest BCUT2D eigenvalue weighted by molar-refractivity contribution is 6.29. The Morgan fingerprint density at radius 1 is 1.22 bits per heavy atom. The summed E-state index contributed by atoms with van der Waals surface area (Å²) in [6, 6.07) is 2.65. The second-order valence-corrected chi connectivity index (χ2v) is 5.24. The van der Waals surface area contributed by atoms with Crippen LogP contribution in [0.15, 0.2) is 6.07 Å². The molecule has 0 aliphatic heterocycles. The zero-order valence-corrected chi connectivity index (χ0v) is 12.5. The summed E-state index contributed by atoms with van der Waals surface area (Å²) in [6.45, 7) is 12.0. The van der Waals surface area contributed by atoms with E-state index in [-0.39, 0.29) is 0 Å². The van der Waals surface area contributed by atoms with E-state index in [1.807, 2.05) is 0 Å². The normalized spacial score (nSPS) is 11.6. The summed E-state index contributed by atoms with van der Waals surface area (Å²) in [7, 11) is 0. The molecule has 0 bridgehead atoms. The van der Waals surface area contributed by atoms with Crippen LogP contribution in [-0.2, 0) is 0 Å². The standard InChI is InChI=1S/C13H22ClN3O/c1-9(2)17(10(3)4)6-7-18-13-8-12(14)15-11(5)16-13/h8-10H,6-7H2,1-5H3. The minimum absolute atomic E-state index is 0.419. The summed E-state index contributed by atoms with van der Waals surface area (Å²) in [5.74, 6) is 1.17. The van der Waals surface area contributed by atoms with Gasteiger partial charge in [0.05, 0.1) is 0 Å². The first kappa shape index (κ1) is 15.2. The van der Waals surface area contributed by atoms with Crippen LogP contribution in [0.5, 0.6) is 5.88 Å². The summed E-state index contributed by atoms with van der Waals surface area (Å²) in [6.07, 6.45) is 0. The molecule has 0 spiro atoms. The molecular formula is C13H22ClN3O.